The van der Waals surface area contributed by atoms with Crippen LogP contribution in [-0.2, 0) is 14.0 Å². The molecule has 0 amide bonds. The van der Waals surface area contributed by atoms with E-state index in [2.05, 4.69) is 54.6 Å². The van der Waals surface area contributed by atoms with Gasteiger partial charge in [0.25, 0.3) is 0 Å². The minimum absolute atomic E-state index is 0.0547. The van der Waals surface area contributed by atoms with Crippen LogP contribution in [0.2, 0.25) is 18.1 Å². The van der Waals surface area contributed by atoms with Crippen molar-refractivity contribution in [3.8, 4) is 0 Å². The number of carbonyl (C=O) groups is 2. The normalized spacial score (nSPS) is 39.7. The molecule has 4 atom stereocenters. The Kier molecular flexibility index (Phi) is 3.93. The molecule has 0 radical (unpaired) electrons. The van der Waals surface area contributed by atoms with Crippen molar-refractivity contribution in [3.63, 3.8) is 0 Å². The van der Waals surface area contributed by atoms with Gasteiger partial charge in [-0.05, 0) is 42.8 Å². The predicted molar refractivity (Wildman–Crippen MR) is 103 cm³/mol. The van der Waals surface area contributed by atoms with Crippen LogP contribution in [0.1, 0.15) is 60.8 Å². The first-order chi connectivity index (χ1) is 11.2. The molecular formula is C21H34O3Si. The number of rotatable bonds is 4. The number of hydrogen-bond acceptors (Lipinski definition) is 3. The molecule has 0 aliphatic heterocycles. The standard InChI is InChI=1S/C21H34O3Si/c1-18(2,3)25(7,8)24-17-15-10-19(4,5)9-14(15)16(11-22)21(13-23)12-20(17,21)6/h11,13,15,17H,9-10,12H2,1-8H3/t15-,17+,20+,21+/m1/s1. The summed E-state index contributed by atoms with van der Waals surface area (Å²) in [4.78, 5) is 24.1. The molecule has 0 aromatic rings. The van der Waals surface area contributed by atoms with Crippen LogP contribution >= 0.6 is 0 Å². The molecule has 3 nitrogen and oxygen atoms in total. The maximum absolute atomic E-state index is 12.1. The summed E-state index contributed by atoms with van der Waals surface area (Å²) in [6.07, 6.45) is 4.80. The van der Waals surface area contributed by atoms with Crippen LogP contribution in [0.15, 0.2) is 11.1 Å². The largest absolute Gasteiger partial charge is 0.413 e. The highest BCUT2D eigenvalue weighted by atomic mass is 28.4. The number of hydrogen-bond donors (Lipinski definition) is 0. The molecule has 4 heteroatoms. The van der Waals surface area contributed by atoms with Crippen LogP contribution in [0.3, 0.4) is 0 Å². The topological polar surface area (TPSA) is 43.4 Å². The zero-order valence-electron chi connectivity index (χ0n) is 17.2. The molecular weight excluding hydrogens is 328 g/mol. The molecule has 3 rings (SSSR count). The average molecular weight is 363 g/mol. The SMILES string of the molecule is CC1(C)CC2=C(C=O)[C@@]3(C=O)C[C@@]3(C)[C@@H](O[Si](C)(C)C(C)(C)C)[C@@H]2C1. The minimum Gasteiger partial charge on any atom is -0.413 e. The van der Waals surface area contributed by atoms with Gasteiger partial charge in [0.05, 0.1) is 11.5 Å². The third-order valence-electron chi connectivity index (χ3n) is 7.80. The first kappa shape index (κ1) is 19.0. The fourth-order valence-corrected chi connectivity index (χ4v) is 6.58. The van der Waals surface area contributed by atoms with Crippen LogP contribution < -0.4 is 0 Å². The van der Waals surface area contributed by atoms with Gasteiger partial charge in [-0.25, -0.2) is 0 Å². The molecule has 0 heterocycles. The van der Waals surface area contributed by atoms with Crippen LogP contribution in [0, 0.1) is 22.2 Å². The maximum atomic E-state index is 12.1. The monoisotopic (exact) mass is 362 g/mol. The van der Waals surface area contributed by atoms with E-state index in [1.165, 1.54) is 5.57 Å². The Bertz CT molecular complexity index is 655. The molecule has 0 aromatic carbocycles. The third kappa shape index (κ3) is 2.47. The van der Waals surface area contributed by atoms with Gasteiger partial charge in [0.15, 0.2) is 8.32 Å². The Hall–Kier alpha value is -0.743. The van der Waals surface area contributed by atoms with E-state index in [0.717, 1.165) is 37.4 Å². The first-order valence-corrected chi connectivity index (χ1v) is 12.5. The van der Waals surface area contributed by atoms with Crippen molar-refractivity contribution in [2.75, 3.05) is 0 Å². The summed E-state index contributed by atoms with van der Waals surface area (Å²) >= 11 is 0. The Morgan fingerprint density at radius 1 is 1.16 bits per heavy atom. The fraction of sp³-hybridized carbons (Fsp3) is 0.810. The smallest absolute Gasteiger partial charge is 0.192 e. The Morgan fingerprint density at radius 2 is 1.76 bits per heavy atom. The Morgan fingerprint density at radius 3 is 2.24 bits per heavy atom. The lowest BCUT2D eigenvalue weighted by Gasteiger charge is -2.46. The molecule has 0 unspecified atom stereocenters. The van der Waals surface area contributed by atoms with Crippen LogP contribution in [0.4, 0.5) is 0 Å². The van der Waals surface area contributed by atoms with Gasteiger partial charge in [-0.1, -0.05) is 47.1 Å². The van der Waals surface area contributed by atoms with Crippen molar-refractivity contribution in [1.82, 2.24) is 0 Å². The van der Waals surface area contributed by atoms with Crippen molar-refractivity contribution in [2.45, 2.75) is 85.0 Å². The maximum Gasteiger partial charge on any atom is 0.192 e. The highest BCUT2D eigenvalue weighted by Crippen LogP contribution is 2.75. The summed E-state index contributed by atoms with van der Waals surface area (Å²) < 4.78 is 6.96. The van der Waals surface area contributed by atoms with Crippen molar-refractivity contribution in [2.24, 2.45) is 22.2 Å². The van der Waals surface area contributed by atoms with E-state index in [1.54, 1.807) is 0 Å². The van der Waals surface area contributed by atoms with Crippen LogP contribution in [0.25, 0.3) is 0 Å². The third-order valence-corrected chi connectivity index (χ3v) is 12.3. The zero-order valence-corrected chi connectivity index (χ0v) is 18.2. The highest BCUT2D eigenvalue weighted by Gasteiger charge is 2.75. The minimum atomic E-state index is -1.97. The van der Waals surface area contributed by atoms with Crippen molar-refractivity contribution in [1.29, 1.82) is 0 Å². The van der Waals surface area contributed by atoms with E-state index < -0.39 is 13.7 Å². The van der Waals surface area contributed by atoms with Gasteiger partial charge < -0.3 is 9.22 Å². The Labute approximate surface area is 153 Å². The van der Waals surface area contributed by atoms with Gasteiger partial charge in [0.1, 0.15) is 12.6 Å². The van der Waals surface area contributed by atoms with E-state index in [4.69, 9.17) is 4.43 Å². The lowest BCUT2D eigenvalue weighted by atomic mass is 9.71. The molecule has 140 valence electrons. The van der Waals surface area contributed by atoms with Crippen molar-refractivity contribution < 1.29 is 14.0 Å². The summed E-state index contributed by atoms with van der Waals surface area (Å²) in [5, 5.41) is 0.130. The summed E-state index contributed by atoms with van der Waals surface area (Å²) in [5.41, 5.74) is 1.34. The molecule has 3 aliphatic rings. The van der Waals surface area contributed by atoms with E-state index in [9.17, 15) is 9.59 Å². The van der Waals surface area contributed by atoms with E-state index in [-0.39, 0.29) is 27.9 Å². The number of fused-ring (bicyclic) bond motifs is 2. The second-order valence-electron chi connectivity index (χ2n) is 11.2. The molecule has 0 aromatic heterocycles. The number of allylic oxidation sites excluding steroid dienone is 1. The second-order valence-corrected chi connectivity index (χ2v) is 15.9. The summed E-state index contributed by atoms with van der Waals surface area (Å²) in [7, 11) is -1.97. The first-order valence-electron chi connectivity index (χ1n) is 9.58. The van der Waals surface area contributed by atoms with Crippen LogP contribution in [-0.4, -0.2) is 27.0 Å². The summed E-state index contributed by atoms with van der Waals surface area (Å²) in [6.45, 7) is 18.1. The van der Waals surface area contributed by atoms with E-state index in [0.29, 0.717) is 0 Å². The van der Waals surface area contributed by atoms with Gasteiger partial charge in [0.2, 0.25) is 0 Å². The van der Waals surface area contributed by atoms with Gasteiger partial charge >= 0.3 is 0 Å². The predicted octanol–water partition coefficient (Wildman–Crippen LogP) is 4.92. The molecule has 2 saturated carbocycles. The lowest BCUT2D eigenvalue weighted by Crippen LogP contribution is -2.51. The lowest BCUT2D eigenvalue weighted by molar-refractivity contribution is -0.116. The molecule has 25 heavy (non-hydrogen) atoms. The fourth-order valence-electron chi connectivity index (χ4n) is 5.17. The second kappa shape index (κ2) is 5.16. The Balaban J connectivity index is 2.10. The summed E-state index contributed by atoms with van der Waals surface area (Å²) in [6, 6.07) is 0. The van der Waals surface area contributed by atoms with Gasteiger partial charge in [-0.2, -0.15) is 0 Å². The number of aldehydes is 2. The molecule has 0 N–H and O–H groups in total. The summed E-state index contributed by atoms with van der Waals surface area (Å²) in [5.74, 6) is 0.282. The van der Waals surface area contributed by atoms with Gasteiger partial charge in [0, 0.05) is 16.9 Å². The van der Waals surface area contributed by atoms with Crippen molar-refractivity contribution in [3.05, 3.63) is 11.1 Å². The van der Waals surface area contributed by atoms with Gasteiger partial charge in [-0.3, -0.25) is 4.79 Å². The molecule has 2 fully saturated rings. The average Bonchev–Trinajstić information content (AvgIpc) is 2.96. The van der Waals surface area contributed by atoms with Gasteiger partial charge in [-0.15, -0.1) is 0 Å². The molecule has 0 saturated heterocycles. The molecule has 3 aliphatic carbocycles. The molecule has 0 bridgehead atoms. The van der Waals surface area contributed by atoms with E-state index >= 15 is 0 Å². The quantitative estimate of drug-likeness (QED) is 0.527. The molecule has 0 spiro atoms. The van der Waals surface area contributed by atoms with Crippen molar-refractivity contribution >= 4 is 20.9 Å². The zero-order chi connectivity index (χ0) is 19.1. The van der Waals surface area contributed by atoms with E-state index in [1.807, 2.05) is 0 Å². The number of carbonyl (C=O) groups excluding carboxylic acids is 2. The highest BCUT2D eigenvalue weighted by molar-refractivity contribution is 6.74. The van der Waals surface area contributed by atoms with Crippen LogP contribution in [0.5, 0.6) is 0 Å².